The Bertz CT molecular complexity index is 213. The van der Waals surface area contributed by atoms with Crippen LogP contribution in [-0.4, -0.2) is 24.4 Å². The molecule has 82 valence electrons. The van der Waals surface area contributed by atoms with Crippen molar-refractivity contribution in [2.75, 3.05) is 6.54 Å². The standard InChI is InChI=1S/C8H12F3NO2/c1-6(13)5-7(14)12-4-2-3-8(9,10)11/h2-5H2,1H3,(H,12,14). The van der Waals surface area contributed by atoms with Gasteiger partial charge >= 0.3 is 6.18 Å². The molecule has 0 bridgehead atoms. The number of Topliss-reactive ketones (excluding diaryl/α,β-unsaturated/α-hetero) is 1. The Kier molecular flexibility index (Phi) is 5.19. The van der Waals surface area contributed by atoms with Crippen LogP contribution >= 0.6 is 0 Å². The zero-order valence-electron chi connectivity index (χ0n) is 7.78. The van der Waals surface area contributed by atoms with E-state index in [9.17, 15) is 22.8 Å². The van der Waals surface area contributed by atoms with E-state index < -0.39 is 18.5 Å². The second-order valence-corrected chi connectivity index (χ2v) is 2.95. The van der Waals surface area contributed by atoms with Crippen molar-refractivity contribution in [3.63, 3.8) is 0 Å². The average Bonchev–Trinajstić information content (AvgIpc) is 1.95. The number of rotatable bonds is 5. The molecule has 1 amide bonds. The van der Waals surface area contributed by atoms with Crippen molar-refractivity contribution < 1.29 is 22.8 Å². The van der Waals surface area contributed by atoms with E-state index in [1.165, 1.54) is 6.92 Å². The minimum Gasteiger partial charge on any atom is -0.356 e. The number of halogens is 3. The molecule has 0 fully saturated rings. The van der Waals surface area contributed by atoms with E-state index in [1.54, 1.807) is 0 Å². The van der Waals surface area contributed by atoms with Gasteiger partial charge in [0.15, 0.2) is 0 Å². The lowest BCUT2D eigenvalue weighted by atomic mass is 10.2. The van der Waals surface area contributed by atoms with Gasteiger partial charge in [0.25, 0.3) is 0 Å². The summed E-state index contributed by atoms with van der Waals surface area (Å²) in [4.78, 5) is 21.2. The SMILES string of the molecule is CC(=O)CC(=O)NCCCC(F)(F)F. The molecule has 0 aromatic heterocycles. The number of amides is 1. The first kappa shape index (κ1) is 12.9. The molecule has 0 aromatic rings. The topological polar surface area (TPSA) is 46.2 Å². The lowest BCUT2D eigenvalue weighted by molar-refractivity contribution is -0.136. The van der Waals surface area contributed by atoms with Crippen molar-refractivity contribution in [1.29, 1.82) is 0 Å². The summed E-state index contributed by atoms with van der Waals surface area (Å²) in [6, 6.07) is 0. The largest absolute Gasteiger partial charge is 0.389 e. The number of carbonyl (C=O) groups is 2. The molecule has 0 radical (unpaired) electrons. The van der Waals surface area contributed by atoms with Crippen LogP contribution in [0.5, 0.6) is 0 Å². The van der Waals surface area contributed by atoms with Crippen molar-refractivity contribution in [3.8, 4) is 0 Å². The van der Waals surface area contributed by atoms with E-state index in [2.05, 4.69) is 5.32 Å². The lowest BCUT2D eigenvalue weighted by Crippen LogP contribution is -2.26. The van der Waals surface area contributed by atoms with Crippen molar-refractivity contribution in [1.82, 2.24) is 5.32 Å². The van der Waals surface area contributed by atoms with Gasteiger partial charge in [-0.1, -0.05) is 0 Å². The third-order valence-corrected chi connectivity index (χ3v) is 1.37. The highest BCUT2D eigenvalue weighted by atomic mass is 19.4. The van der Waals surface area contributed by atoms with E-state index in [0.717, 1.165) is 0 Å². The van der Waals surface area contributed by atoms with Crippen LogP contribution < -0.4 is 5.32 Å². The van der Waals surface area contributed by atoms with Crippen LogP contribution in [0.15, 0.2) is 0 Å². The minimum absolute atomic E-state index is 0.0500. The summed E-state index contributed by atoms with van der Waals surface area (Å²) in [5.74, 6) is -0.835. The van der Waals surface area contributed by atoms with E-state index >= 15 is 0 Å². The molecule has 0 spiro atoms. The van der Waals surface area contributed by atoms with Gasteiger partial charge in [-0.3, -0.25) is 9.59 Å². The molecule has 0 aliphatic carbocycles. The Morgan fingerprint density at radius 1 is 1.29 bits per heavy atom. The quantitative estimate of drug-likeness (QED) is 0.552. The number of hydrogen-bond acceptors (Lipinski definition) is 2. The van der Waals surface area contributed by atoms with Gasteiger partial charge in [0, 0.05) is 13.0 Å². The molecule has 0 rings (SSSR count). The fourth-order valence-electron chi connectivity index (χ4n) is 0.805. The molecule has 0 aliphatic heterocycles. The molecule has 14 heavy (non-hydrogen) atoms. The van der Waals surface area contributed by atoms with Crippen LogP contribution in [0.1, 0.15) is 26.2 Å². The van der Waals surface area contributed by atoms with Gasteiger partial charge in [0.2, 0.25) is 5.91 Å². The van der Waals surface area contributed by atoms with Gasteiger partial charge in [-0.25, -0.2) is 0 Å². The maximum absolute atomic E-state index is 11.6. The van der Waals surface area contributed by atoms with Crippen molar-refractivity contribution >= 4 is 11.7 Å². The van der Waals surface area contributed by atoms with E-state index in [1.807, 2.05) is 0 Å². The van der Waals surface area contributed by atoms with Crippen LogP contribution in [0.2, 0.25) is 0 Å². The zero-order chi connectivity index (χ0) is 11.2. The molecule has 0 saturated carbocycles. The number of ketones is 1. The normalized spacial score (nSPS) is 11.1. The highest BCUT2D eigenvalue weighted by Gasteiger charge is 2.25. The zero-order valence-corrected chi connectivity index (χ0v) is 7.78. The summed E-state index contributed by atoms with van der Waals surface area (Å²) in [5, 5.41) is 2.23. The Morgan fingerprint density at radius 3 is 2.29 bits per heavy atom. The number of carbonyl (C=O) groups excluding carboxylic acids is 2. The van der Waals surface area contributed by atoms with Gasteiger partial charge in [0.1, 0.15) is 5.78 Å². The molecule has 3 nitrogen and oxygen atoms in total. The molecule has 0 aliphatic rings. The van der Waals surface area contributed by atoms with E-state index in [4.69, 9.17) is 0 Å². The molecule has 0 heterocycles. The summed E-state index contributed by atoms with van der Waals surface area (Å²) < 4.78 is 34.9. The summed E-state index contributed by atoms with van der Waals surface area (Å²) in [7, 11) is 0. The maximum Gasteiger partial charge on any atom is 0.389 e. The smallest absolute Gasteiger partial charge is 0.356 e. The molecular formula is C8H12F3NO2. The first-order valence-corrected chi connectivity index (χ1v) is 4.14. The monoisotopic (exact) mass is 211 g/mol. The van der Waals surface area contributed by atoms with Crippen LogP contribution in [0.25, 0.3) is 0 Å². The Morgan fingerprint density at radius 2 is 1.86 bits per heavy atom. The number of nitrogens with one attached hydrogen (secondary N) is 1. The summed E-state index contributed by atoms with van der Waals surface area (Å²) in [6.45, 7) is 1.20. The molecule has 0 aromatic carbocycles. The average molecular weight is 211 g/mol. The summed E-state index contributed by atoms with van der Waals surface area (Å²) >= 11 is 0. The first-order chi connectivity index (χ1) is 6.31. The van der Waals surface area contributed by atoms with E-state index in [-0.39, 0.29) is 25.2 Å². The van der Waals surface area contributed by atoms with Gasteiger partial charge in [-0.2, -0.15) is 13.2 Å². The number of alkyl halides is 3. The van der Waals surface area contributed by atoms with Gasteiger partial charge in [-0.05, 0) is 13.3 Å². The third-order valence-electron chi connectivity index (χ3n) is 1.37. The maximum atomic E-state index is 11.6. The second kappa shape index (κ2) is 5.62. The van der Waals surface area contributed by atoms with Crippen LogP contribution in [0.3, 0.4) is 0 Å². The molecule has 1 N–H and O–H groups in total. The van der Waals surface area contributed by atoms with Gasteiger partial charge in [0.05, 0.1) is 6.42 Å². The van der Waals surface area contributed by atoms with E-state index in [0.29, 0.717) is 0 Å². The first-order valence-electron chi connectivity index (χ1n) is 4.14. The van der Waals surface area contributed by atoms with Crippen LogP contribution in [-0.2, 0) is 9.59 Å². The van der Waals surface area contributed by atoms with Crippen molar-refractivity contribution in [2.24, 2.45) is 0 Å². The Balaban J connectivity index is 3.46. The van der Waals surface area contributed by atoms with Gasteiger partial charge in [-0.15, -0.1) is 0 Å². The van der Waals surface area contributed by atoms with Crippen molar-refractivity contribution in [2.45, 2.75) is 32.4 Å². The third kappa shape index (κ3) is 9.02. The molecular weight excluding hydrogens is 199 g/mol. The lowest BCUT2D eigenvalue weighted by Gasteiger charge is -2.06. The summed E-state index contributed by atoms with van der Waals surface area (Å²) in [6.07, 6.45) is -5.54. The fourth-order valence-corrected chi connectivity index (χ4v) is 0.805. The molecule has 0 unspecified atom stereocenters. The number of hydrogen-bond donors (Lipinski definition) is 1. The van der Waals surface area contributed by atoms with Gasteiger partial charge < -0.3 is 5.32 Å². The predicted octanol–water partition coefficient (Wildman–Crippen LogP) is 1.42. The van der Waals surface area contributed by atoms with Crippen LogP contribution in [0, 0.1) is 0 Å². The second-order valence-electron chi connectivity index (χ2n) is 2.95. The predicted molar refractivity (Wildman–Crippen MR) is 43.6 cm³/mol. The Labute approximate surface area is 79.7 Å². The molecule has 6 heteroatoms. The highest BCUT2D eigenvalue weighted by molar-refractivity contribution is 5.96. The fraction of sp³-hybridized carbons (Fsp3) is 0.750. The Hall–Kier alpha value is -1.07. The summed E-state index contributed by atoms with van der Waals surface area (Å²) in [5.41, 5.74) is 0. The molecule has 0 atom stereocenters. The van der Waals surface area contributed by atoms with Crippen LogP contribution in [0.4, 0.5) is 13.2 Å². The molecule has 0 saturated heterocycles. The minimum atomic E-state index is -4.19. The highest BCUT2D eigenvalue weighted by Crippen LogP contribution is 2.20. The van der Waals surface area contributed by atoms with Crippen molar-refractivity contribution in [3.05, 3.63) is 0 Å².